The number of thiazole rings is 1. The predicted molar refractivity (Wildman–Crippen MR) is 136 cm³/mol. The zero-order valence-corrected chi connectivity index (χ0v) is 20.5. The molecule has 0 aliphatic heterocycles. The fourth-order valence-corrected chi connectivity index (χ4v) is 5.30. The van der Waals surface area contributed by atoms with Crippen molar-refractivity contribution in [1.82, 2.24) is 19.7 Å². The quantitative estimate of drug-likeness (QED) is 0.225. The van der Waals surface area contributed by atoms with Crippen LogP contribution in [-0.2, 0) is 17.1 Å². The Labute approximate surface area is 202 Å². The smallest absolute Gasteiger partial charge is 0.230 e. The zero-order chi connectivity index (χ0) is 23.4. The van der Waals surface area contributed by atoms with Crippen LogP contribution in [0.3, 0.4) is 0 Å². The Hall–Kier alpha value is -3.23. The molecule has 0 bridgehead atoms. The summed E-state index contributed by atoms with van der Waals surface area (Å²) in [6, 6.07) is 16.0. The summed E-state index contributed by atoms with van der Waals surface area (Å²) in [5, 5.41) is 12.3. The number of thioether (sulfide) groups is 1. The lowest BCUT2D eigenvalue weighted by molar-refractivity contribution is -0.115. The number of carbonyl (C=O) groups is 1. The maximum absolute atomic E-state index is 12.5. The minimum absolute atomic E-state index is 0.0597. The second-order valence-electron chi connectivity index (χ2n) is 7.56. The normalized spacial score (nSPS) is 10.9. The minimum atomic E-state index is -0.0597. The lowest BCUT2D eigenvalue weighted by Crippen LogP contribution is -2.23. The Morgan fingerprint density at radius 1 is 1.15 bits per heavy atom. The average Bonchev–Trinajstić information content (AvgIpc) is 3.43. The predicted octanol–water partition coefficient (Wildman–Crippen LogP) is 6.18. The highest BCUT2D eigenvalue weighted by atomic mass is 32.2. The summed E-state index contributed by atoms with van der Waals surface area (Å²) in [5.41, 5.74) is 4.99. The van der Waals surface area contributed by atoms with Crippen molar-refractivity contribution in [2.24, 2.45) is 0 Å². The zero-order valence-electron chi connectivity index (χ0n) is 18.9. The summed E-state index contributed by atoms with van der Waals surface area (Å²) < 4.78 is 2.05. The second-order valence-corrected chi connectivity index (χ2v) is 9.33. The molecule has 0 fully saturated rings. The van der Waals surface area contributed by atoms with Gasteiger partial charge in [0.2, 0.25) is 5.91 Å². The van der Waals surface area contributed by atoms with E-state index in [2.05, 4.69) is 21.3 Å². The third-order valence-electron chi connectivity index (χ3n) is 5.27. The van der Waals surface area contributed by atoms with Crippen LogP contribution >= 0.6 is 23.1 Å². The fraction of sp³-hybridized carbons (Fsp3) is 0.200. The van der Waals surface area contributed by atoms with E-state index in [1.165, 1.54) is 11.3 Å². The van der Waals surface area contributed by atoms with Crippen LogP contribution in [0.1, 0.15) is 23.7 Å². The standard InChI is InChI=1S/C25H25N5OS2/c1-5-14-29-23(20-11-7-6-8-12-20)27-28-25(29)33-16-21-15-32-24(26-21)30(19(4)31)22-13-9-10-17(2)18(22)3/h5-13,15H,1,14,16H2,2-4H3. The van der Waals surface area contributed by atoms with Crippen molar-refractivity contribution in [3.8, 4) is 11.4 Å². The fourth-order valence-electron chi connectivity index (χ4n) is 3.48. The molecule has 0 spiro atoms. The number of aromatic nitrogens is 4. The van der Waals surface area contributed by atoms with Crippen LogP contribution in [0.25, 0.3) is 11.4 Å². The van der Waals surface area contributed by atoms with Crippen molar-refractivity contribution in [1.29, 1.82) is 0 Å². The number of anilines is 2. The summed E-state index contributed by atoms with van der Waals surface area (Å²) in [6.07, 6.45) is 1.84. The van der Waals surface area contributed by atoms with Gasteiger partial charge < -0.3 is 0 Å². The van der Waals surface area contributed by atoms with Crippen LogP contribution < -0.4 is 4.90 Å². The van der Waals surface area contributed by atoms with Gasteiger partial charge in [0, 0.05) is 30.2 Å². The topological polar surface area (TPSA) is 63.9 Å². The third-order valence-corrected chi connectivity index (χ3v) is 7.15. The molecule has 33 heavy (non-hydrogen) atoms. The molecule has 168 valence electrons. The van der Waals surface area contributed by atoms with Gasteiger partial charge in [-0.05, 0) is 31.0 Å². The molecular weight excluding hydrogens is 450 g/mol. The van der Waals surface area contributed by atoms with Gasteiger partial charge in [-0.25, -0.2) is 4.98 Å². The number of allylic oxidation sites excluding steroid dienone is 1. The summed E-state index contributed by atoms with van der Waals surface area (Å²) >= 11 is 3.04. The molecule has 2 heterocycles. The van der Waals surface area contributed by atoms with Gasteiger partial charge >= 0.3 is 0 Å². The monoisotopic (exact) mass is 475 g/mol. The lowest BCUT2D eigenvalue weighted by atomic mass is 10.1. The molecule has 2 aromatic carbocycles. The Morgan fingerprint density at radius 2 is 1.94 bits per heavy atom. The van der Waals surface area contributed by atoms with E-state index in [1.54, 1.807) is 23.6 Å². The molecule has 0 aliphatic carbocycles. The van der Waals surface area contributed by atoms with Crippen molar-refractivity contribution >= 4 is 39.8 Å². The molecule has 0 radical (unpaired) electrons. The van der Waals surface area contributed by atoms with Crippen molar-refractivity contribution in [2.75, 3.05) is 4.90 Å². The molecule has 0 N–H and O–H groups in total. The first-order valence-electron chi connectivity index (χ1n) is 10.5. The third kappa shape index (κ3) is 4.91. The van der Waals surface area contributed by atoms with Crippen LogP contribution in [0.15, 0.2) is 71.7 Å². The van der Waals surface area contributed by atoms with Crippen LogP contribution in [0.2, 0.25) is 0 Å². The maximum Gasteiger partial charge on any atom is 0.230 e. The molecule has 0 saturated heterocycles. The van der Waals surface area contributed by atoms with E-state index in [0.29, 0.717) is 17.4 Å². The number of amides is 1. The Bertz CT molecular complexity index is 1280. The van der Waals surface area contributed by atoms with Crippen molar-refractivity contribution in [2.45, 2.75) is 38.2 Å². The molecule has 4 rings (SSSR count). The largest absolute Gasteiger partial charge is 0.298 e. The minimum Gasteiger partial charge on any atom is -0.298 e. The molecular formula is C25H25N5OS2. The molecule has 0 atom stereocenters. The van der Waals surface area contributed by atoms with Gasteiger partial charge in [-0.3, -0.25) is 14.3 Å². The van der Waals surface area contributed by atoms with Crippen molar-refractivity contribution in [3.63, 3.8) is 0 Å². The Balaban J connectivity index is 1.56. The van der Waals surface area contributed by atoms with Crippen LogP contribution in [0.5, 0.6) is 0 Å². The molecule has 2 aromatic heterocycles. The van der Waals surface area contributed by atoms with Gasteiger partial charge in [0.25, 0.3) is 0 Å². The van der Waals surface area contributed by atoms with E-state index in [0.717, 1.165) is 39.1 Å². The molecule has 4 aromatic rings. The van der Waals surface area contributed by atoms with E-state index in [1.807, 2.05) is 73.8 Å². The first-order valence-corrected chi connectivity index (χ1v) is 12.4. The summed E-state index contributed by atoms with van der Waals surface area (Å²) in [4.78, 5) is 19.0. The van der Waals surface area contributed by atoms with Gasteiger partial charge in [0.1, 0.15) is 0 Å². The molecule has 6 nitrogen and oxygen atoms in total. The van der Waals surface area contributed by atoms with Gasteiger partial charge in [0.15, 0.2) is 16.1 Å². The van der Waals surface area contributed by atoms with E-state index >= 15 is 0 Å². The summed E-state index contributed by atoms with van der Waals surface area (Å²) in [6.45, 7) is 10.1. The highest BCUT2D eigenvalue weighted by Gasteiger charge is 2.21. The number of hydrogen-bond acceptors (Lipinski definition) is 6. The van der Waals surface area contributed by atoms with E-state index in [4.69, 9.17) is 4.98 Å². The van der Waals surface area contributed by atoms with Crippen molar-refractivity contribution < 1.29 is 4.79 Å². The molecule has 1 amide bonds. The highest BCUT2D eigenvalue weighted by molar-refractivity contribution is 7.98. The summed E-state index contributed by atoms with van der Waals surface area (Å²) in [7, 11) is 0. The van der Waals surface area contributed by atoms with Crippen molar-refractivity contribution in [3.05, 3.63) is 83.4 Å². The van der Waals surface area contributed by atoms with E-state index in [-0.39, 0.29) is 5.91 Å². The first kappa shape index (κ1) is 22.9. The van der Waals surface area contributed by atoms with E-state index < -0.39 is 0 Å². The van der Waals surface area contributed by atoms with Crippen LogP contribution in [-0.4, -0.2) is 25.7 Å². The summed E-state index contributed by atoms with van der Waals surface area (Å²) in [5.74, 6) is 1.38. The van der Waals surface area contributed by atoms with Gasteiger partial charge in [-0.1, -0.05) is 60.3 Å². The number of aryl methyl sites for hydroxylation is 1. The second kappa shape index (κ2) is 10.1. The lowest BCUT2D eigenvalue weighted by Gasteiger charge is -2.21. The van der Waals surface area contributed by atoms with Gasteiger partial charge in [0.05, 0.1) is 11.4 Å². The van der Waals surface area contributed by atoms with E-state index in [9.17, 15) is 4.79 Å². The maximum atomic E-state index is 12.5. The van der Waals surface area contributed by atoms with Crippen LogP contribution in [0.4, 0.5) is 10.8 Å². The van der Waals surface area contributed by atoms with Crippen LogP contribution in [0, 0.1) is 13.8 Å². The number of carbonyl (C=O) groups excluding carboxylic acids is 1. The van der Waals surface area contributed by atoms with Gasteiger partial charge in [-0.2, -0.15) is 0 Å². The number of rotatable bonds is 8. The average molecular weight is 476 g/mol. The van der Waals surface area contributed by atoms with Gasteiger partial charge in [-0.15, -0.1) is 28.1 Å². The molecule has 0 saturated carbocycles. The molecule has 0 aliphatic rings. The Morgan fingerprint density at radius 3 is 2.67 bits per heavy atom. The Kier molecular flexibility index (Phi) is 7.05. The SMILES string of the molecule is C=CCn1c(SCc2csc(N(C(C)=O)c3cccc(C)c3C)n2)nnc1-c1ccccc1. The first-order chi connectivity index (χ1) is 16.0. The number of hydrogen-bond donors (Lipinski definition) is 0. The number of benzene rings is 2. The molecule has 0 unspecified atom stereocenters. The number of nitrogens with zero attached hydrogens (tertiary/aromatic N) is 5. The highest BCUT2D eigenvalue weighted by Crippen LogP contribution is 2.34. The molecule has 8 heteroatoms.